The molecule has 1 aliphatic carbocycles. The first-order valence-corrected chi connectivity index (χ1v) is 6.84. The Kier molecular flexibility index (Phi) is 3.54. The van der Waals surface area contributed by atoms with Crippen molar-refractivity contribution >= 4 is 17.4 Å². The second-order valence-electron chi connectivity index (χ2n) is 4.82. The molecule has 4 nitrogen and oxygen atoms in total. The summed E-state index contributed by atoms with van der Waals surface area (Å²) in [6.45, 7) is 0. The van der Waals surface area contributed by atoms with Crippen molar-refractivity contribution in [2.24, 2.45) is 5.84 Å². The van der Waals surface area contributed by atoms with E-state index in [0.29, 0.717) is 23.1 Å². The molecule has 1 aromatic carbocycles. The van der Waals surface area contributed by atoms with Gasteiger partial charge in [-0.1, -0.05) is 17.7 Å². The fourth-order valence-corrected chi connectivity index (χ4v) is 2.75. The van der Waals surface area contributed by atoms with Gasteiger partial charge in [-0.15, -0.1) is 0 Å². The van der Waals surface area contributed by atoms with E-state index in [-0.39, 0.29) is 5.82 Å². The summed E-state index contributed by atoms with van der Waals surface area (Å²) in [7, 11) is 0. The first-order valence-electron chi connectivity index (χ1n) is 6.46. The van der Waals surface area contributed by atoms with Crippen molar-refractivity contribution in [3.63, 3.8) is 0 Å². The highest BCUT2D eigenvalue weighted by Crippen LogP contribution is 2.27. The third kappa shape index (κ3) is 2.46. The van der Waals surface area contributed by atoms with Gasteiger partial charge in [0.05, 0.1) is 0 Å². The molecule has 0 saturated heterocycles. The Labute approximate surface area is 121 Å². The number of benzene rings is 1. The van der Waals surface area contributed by atoms with Crippen molar-refractivity contribution in [3.8, 4) is 0 Å². The molecular weight excluding hydrogens is 279 g/mol. The summed E-state index contributed by atoms with van der Waals surface area (Å²) >= 11 is 6.03. The fraction of sp³-hybridized carbons (Fsp3) is 0.286. The summed E-state index contributed by atoms with van der Waals surface area (Å²) in [4.78, 5) is 8.98. The van der Waals surface area contributed by atoms with Crippen LogP contribution in [0.25, 0.3) is 0 Å². The van der Waals surface area contributed by atoms with Crippen LogP contribution in [0.15, 0.2) is 18.2 Å². The van der Waals surface area contributed by atoms with Crippen LogP contribution in [0.4, 0.5) is 10.2 Å². The van der Waals surface area contributed by atoms with Gasteiger partial charge < -0.3 is 5.43 Å². The van der Waals surface area contributed by atoms with E-state index in [1.807, 2.05) is 0 Å². The summed E-state index contributed by atoms with van der Waals surface area (Å²) in [6.07, 6.45) is 3.42. The van der Waals surface area contributed by atoms with Crippen LogP contribution < -0.4 is 11.3 Å². The van der Waals surface area contributed by atoms with Crippen molar-refractivity contribution in [1.82, 2.24) is 9.97 Å². The summed E-state index contributed by atoms with van der Waals surface area (Å²) in [6, 6.07) is 4.34. The zero-order valence-electron chi connectivity index (χ0n) is 10.8. The summed E-state index contributed by atoms with van der Waals surface area (Å²) in [5, 5.41) is 0.386. The molecule has 0 unspecified atom stereocenters. The number of hydrazine groups is 1. The van der Waals surface area contributed by atoms with E-state index >= 15 is 0 Å². The number of nitrogens with zero attached hydrogens (tertiary/aromatic N) is 2. The Bertz CT molecular complexity index is 660. The van der Waals surface area contributed by atoms with Crippen LogP contribution in [0, 0.1) is 5.82 Å². The number of hydrogen-bond donors (Lipinski definition) is 2. The zero-order chi connectivity index (χ0) is 14.1. The quantitative estimate of drug-likeness (QED) is 0.674. The van der Waals surface area contributed by atoms with Gasteiger partial charge in [0.2, 0.25) is 0 Å². The lowest BCUT2D eigenvalue weighted by atomic mass is 10.1. The Balaban J connectivity index is 1.95. The Morgan fingerprint density at radius 1 is 1.30 bits per heavy atom. The molecule has 0 spiro atoms. The molecule has 2 aromatic rings. The number of nitrogen functional groups attached to an aromatic ring is 1. The topological polar surface area (TPSA) is 63.8 Å². The van der Waals surface area contributed by atoms with Crippen LogP contribution in [0.1, 0.15) is 29.1 Å². The molecule has 0 saturated carbocycles. The summed E-state index contributed by atoms with van der Waals surface area (Å²) in [5.41, 5.74) is 5.57. The van der Waals surface area contributed by atoms with Gasteiger partial charge in [0.25, 0.3) is 0 Å². The highest BCUT2D eigenvalue weighted by molar-refractivity contribution is 6.31. The molecule has 0 bridgehead atoms. The van der Waals surface area contributed by atoms with Crippen molar-refractivity contribution in [1.29, 1.82) is 0 Å². The van der Waals surface area contributed by atoms with Crippen molar-refractivity contribution in [2.45, 2.75) is 25.7 Å². The van der Waals surface area contributed by atoms with Crippen molar-refractivity contribution < 1.29 is 4.39 Å². The molecule has 0 atom stereocenters. The van der Waals surface area contributed by atoms with Gasteiger partial charge in [0.1, 0.15) is 17.5 Å². The first kappa shape index (κ1) is 13.3. The molecule has 1 heterocycles. The van der Waals surface area contributed by atoms with Crippen LogP contribution in [0.3, 0.4) is 0 Å². The second-order valence-corrected chi connectivity index (χ2v) is 5.23. The minimum atomic E-state index is -0.349. The van der Waals surface area contributed by atoms with Crippen LogP contribution in [-0.2, 0) is 19.3 Å². The largest absolute Gasteiger partial charge is 0.308 e. The molecule has 104 valence electrons. The Morgan fingerprint density at radius 2 is 2.15 bits per heavy atom. The predicted molar refractivity (Wildman–Crippen MR) is 76.1 cm³/mol. The first-order chi connectivity index (χ1) is 9.67. The van der Waals surface area contributed by atoms with Gasteiger partial charge in [0, 0.05) is 22.7 Å². The molecule has 3 rings (SSSR count). The number of halogens is 2. The number of nitrogens with two attached hydrogens (primary N) is 1. The van der Waals surface area contributed by atoms with E-state index in [1.165, 1.54) is 12.1 Å². The molecule has 0 fully saturated rings. The van der Waals surface area contributed by atoms with Crippen LogP contribution in [0.5, 0.6) is 0 Å². The molecule has 0 aliphatic heterocycles. The van der Waals surface area contributed by atoms with Crippen molar-refractivity contribution in [3.05, 3.63) is 51.7 Å². The van der Waals surface area contributed by atoms with Crippen LogP contribution >= 0.6 is 11.6 Å². The maximum absolute atomic E-state index is 13.0. The number of fused-ring (bicyclic) bond motifs is 1. The molecule has 0 amide bonds. The number of anilines is 1. The highest BCUT2D eigenvalue weighted by Gasteiger charge is 2.19. The average Bonchev–Trinajstić information content (AvgIpc) is 2.89. The maximum Gasteiger partial charge on any atom is 0.147 e. The predicted octanol–water partition coefficient (Wildman–Crippen LogP) is 2.63. The lowest BCUT2D eigenvalue weighted by Gasteiger charge is -2.10. The van der Waals surface area contributed by atoms with E-state index in [0.717, 1.165) is 36.1 Å². The lowest BCUT2D eigenvalue weighted by molar-refractivity contribution is 0.627. The van der Waals surface area contributed by atoms with E-state index < -0.39 is 0 Å². The normalized spacial score (nSPS) is 13.3. The van der Waals surface area contributed by atoms with Gasteiger partial charge in [-0.05, 0) is 37.0 Å². The average molecular weight is 293 g/mol. The lowest BCUT2D eigenvalue weighted by Crippen LogP contribution is -2.14. The minimum Gasteiger partial charge on any atom is -0.308 e. The summed E-state index contributed by atoms with van der Waals surface area (Å²) in [5.74, 6) is 6.50. The number of aromatic nitrogens is 2. The highest BCUT2D eigenvalue weighted by atomic mass is 35.5. The molecule has 0 radical (unpaired) electrons. The van der Waals surface area contributed by atoms with Crippen LogP contribution in [-0.4, -0.2) is 9.97 Å². The number of rotatable bonds is 3. The molecule has 20 heavy (non-hydrogen) atoms. The van der Waals surface area contributed by atoms with E-state index in [9.17, 15) is 4.39 Å². The molecule has 1 aliphatic rings. The molecule has 1 aromatic heterocycles. The SMILES string of the molecule is NNc1nc(Cc2ccc(F)cc2Cl)nc2c1CCC2. The van der Waals surface area contributed by atoms with Gasteiger partial charge in [-0.25, -0.2) is 20.2 Å². The standard InChI is InChI=1S/C14H14ClFN4/c15-11-7-9(16)5-4-8(11)6-13-18-12-3-1-2-10(12)14(19-13)20-17/h4-5,7H,1-3,6,17H2,(H,18,19,20). The van der Waals surface area contributed by atoms with Crippen LogP contribution in [0.2, 0.25) is 5.02 Å². The van der Waals surface area contributed by atoms with Crippen molar-refractivity contribution in [2.75, 3.05) is 5.43 Å². The molecule has 3 N–H and O–H groups in total. The Hall–Kier alpha value is -1.72. The monoisotopic (exact) mass is 292 g/mol. The van der Waals surface area contributed by atoms with E-state index in [4.69, 9.17) is 17.4 Å². The van der Waals surface area contributed by atoms with E-state index in [2.05, 4.69) is 15.4 Å². The number of aryl methyl sites for hydroxylation is 1. The number of nitrogens with one attached hydrogen (secondary N) is 1. The Morgan fingerprint density at radius 3 is 2.90 bits per heavy atom. The smallest absolute Gasteiger partial charge is 0.147 e. The van der Waals surface area contributed by atoms with Gasteiger partial charge in [-0.2, -0.15) is 0 Å². The summed E-state index contributed by atoms with van der Waals surface area (Å²) < 4.78 is 13.0. The van der Waals surface area contributed by atoms with Gasteiger partial charge >= 0.3 is 0 Å². The second kappa shape index (κ2) is 5.34. The third-order valence-corrected chi connectivity index (χ3v) is 3.83. The maximum atomic E-state index is 13.0. The number of hydrogen-bond acceptors (Lipinski definition) is 4. The zero-order valence-corrected chi connectivity index (χ0v) is 11.5. The third-order valence-electron chi connectivity index (χ3n) is 3.48. The molecule has 6 heteroatoms. The minimum absolute atomic E-state index is 0.349. The fourth-order valence-electron chi connectivity index (χ4n) is 2.52. The van der Waals surface area contributed by atoms with E-state index in [1.54, 1.807) is 6.07 Å². The molecular formula is C14H14ClFN4. The van der Waals surface area contributed by atoms with Gasteiger partial charge in [0.15, 0.2) is 0 Å². The van der Waals surface area contributed by atoms with Gasteiger partial charge in [-0.3, -0.25) is 0 Å².